The molecule has 112 valence electrons. The van der Waals surface area contributed by atoms with Crippen LogP contribution in [0.5, 0.6) is 0 Å². The Morgan fingerprint density at radius 1 is 1.23 bits per heavy atom. The Bertz CT molecular complexity index is 851. The standard InChI is InChI=1S/C18H17IN2O/c1-12-7-8-16(13(9-12)10-19)20-18(22)15-11-21(2)17-6-4-3-5-14(15)17/h3-9,11H,10H2,1-2H3,(H,20,22). The predicted molar refractivity (Wildman–Crippen MR) is 99.8 cm³/mol. The molecule has 0 saturated carbocycles. The Labute approximate surface area is 143 Å². The van der Waals surface area contributed by atoms with Gasteiger partial charge in [0.25, 0.3) is 5.91 Å². The van der Waals surface area contributed by atoms with E-state index in [1.165, 1.54) is 5.56 Å². The van der Waals surface area contributed by atoms with Crippen molar-refractivity contribution < 1.29 is 4.79 Å². The number of para-hydroxylation sites is 1. The van der Waals surface area contributed by atoms with E-state index in [1.54, 1.807) is 0 Å². The normalized spacial score (nSPS) is 10.9. The molecule has 0 bridgehead atoms. The van der Waals surface area contributed by atoms with Crippen molar-refractivity contribution in [2.45, 2.75) is 11.4 Å². The molecule has 3 nitrogen and oxygen atoms in total. The number of rotatable bonds is 3. The van der Waals surface area contributed by atoms with E-state index in [0.29, 0.717) is 5.56 Å². The minimum Gasteiger partial charge on any atom is -0.350 e. The molecule has 3 rings (SSSR count). The summed E-state index contributed by atoms with van der Waals surface area (Å²) in [5, 5.41) is 4.03. The summed E-state index contributed by atoms with van der Waals surface area (Å²) >= 11 is 2.32. The summed E-state index contributed by atoms with van der Waals surface area (Å²) < 4.78 is 2.85. The second-order valence-corrected chi connectivity index (χ2v) is 6.18. The number of carbonyl (C=O) groups excluding carboxylic acids is 1. The van der Waals surface area contributed by atoms with E-state index in [4.69, 9.17) is 0 Å². The number of anilines is 1. The number of aromatic nitrogens is 1. The monoisotopic (exact) mass is 404 g/mol. The lowest BCUT2D eigenvalue weighted by atomic mass is 10.1. The summed E-state index contributed by atoms with van der Waals surface area (Å²) in [6, 6.07) is 14.1. The van der Waals surface area contributed by atoms with Gasteiger partial charge >= 0.3 is 0 Å². The molecule has 0 aliphatic heterocycles. The van der Waals surface area contributed by atoms with Crippen LogP contribution >= 0.6 is 22.6 Å². The third kappa shape index (κ3) is 2.75. The van der Waals surface area contributed by atoms with Crippen molar-refractivity contribution in [2.24, 2.45) is 7.05 Å². The topological polar surface area (TPSA) is 34.0 Å². The first-order chi connectivity index (χ1) is 10.6. The molecule has 0 saturated heterocycles. The maximum Gasteiger partial charge on any atom is 0.257 e. The fraction of sp³-hybridized carbons (Fsp3) is 0.167. The fourth-order valence-corrected chi connectivity index (χ4v) is 3.30. The molecule has 1 amide bonds. The van der Waals surface area contributed by atoms with Crippen molar-refractivity contribution in [3.63, 3.8) is 0 Å². The van der Waals surface area contributed by atoms with Gasteiger partial charge in [-0.3, -0.25) is 4.79 Å². The molecule has 2 aromatic carbocycles. The lowest BCUT2D eigenvalue weighted by Gasteiger charge is -2.10. The first-order valence-electron chi connectivity index (χ1n) is 7.11. The molecule has 22 heavy (non-hydrogen) atoms. The van der Waals surface area contributed by atoms with Crippen LogP contribution < -0.4 is 5.32 Å². The van der Waals surface area contributed by atoms with Gasteiger partial charge in [-0.05, 0) is 24.6 Å². The summed E-state index contributed by atoms with van der Waals surface area (Å²) in [5.74, 6) is -0.0632. The number of aryl methyl sites for hydroxylation is 2. The van der Waals surface area contributed by atoms with E-state index in [0.717, 1.165) is 26.6 Å². The number of carbonyl (C=O) groups is 1. The van der Waals surface area contributed by atoms with Crippen LogP contribution in [-0.2, 0) is 11.5 Å². The molecule has 0 spiro atoms. The predicted octanol–water partition coefficient (Wildman–Crippen LogP) is 4.67. The molecule has 0 aliphatic carbocycles. The molecular weight excluding hydrogens is 387 g/mol. The van der Waals surface area contributed by atoms with Crippen LogP contribution in [0, 0.1) is 6.92 Å². The van der Waals surface area contributed by atoms with Gasteiger partial charge in [-0.2, -0.15) is 0 Å². The number of nitrogens with one attached hydrogen (secondary N) is 1. The van der Waals surface area contributed by atoms with Gasteiger partial charge in [-0.15, -0.1) is 0 Å². The van der Waals surface area contributed by atoms with Crippen LogP contribution in [0.4, 0.5) is 5.69 Å². The molecule has 0 unspecified atom stereocenters. The summed E-state index contributed by atoms with van der Waals surface area (Å²) in [6.45, 7) is 2.06. The number of halogens is 1. The van der Waals surface area contributed by atoms with Gasteiger partial charge in [0.05, 0.1) is 5.56 Å². The van der Waals surface area contributed by atoms with Crippen LogP contribution in [-0.4, -0.2) is 10.5 Å². The Hall–Kier alpha value is -1.82. The van der Waals surface area contributed by atoms with Crippen LogP contribution in [0.2, 0.25) is 0 Å². The number of hydrogen-bond donors (Lipinski definition) is 1. The van der Waals surface area contributed by atoms with Gasteiger partial charge in [0.1, 0.15) is 0 Å². The molecule has 1 N–H and O–H groups in total. The van der Waals surface area contributed by atoms with E-state index in [-0.39, 0.29) is 5.91 Å². The molecule has 4 heteroatoms. The van der Waals surface area contributed by atoms with Gasteiger partial charge in [0.2, 0.25) is 0 Å². The van der Waals surface area contributed by atoms with Gasteiger partial charge in [-0.25, -0.2) is 0 Å². The van der Waals surface area contributed by atoms with Crippen LogP contribution in [0.1, 0.15) is 21.5 Å². The van der Waals surface area contributed by atoms with Gasteiger partial charge in [0.15, 0.2) is 0 Å². The minimum atomic E-state index is -0.0632. The second kappa shape index (κ2) is 6.12. The highest BCUT2D eigenvalue weighted by atomic mass is 127. The zero-order valence-corrected chi connectivity index (χ0v) is 14.7. The molecule has 0 fully saturated rings. The Kier molecular flexibility index (Phi) is 4.20. The van der Waals surface area contributed by atoms with E-state index in [1.807, 2.05) is 54.2 Å². The number of alkyl halides is 1. The summed E-state index contributed by atoms with van der Waals surface area (Å²) in [4.78, 5) is 12.7. The molecule has 1 heterocycles. The Morgan fingerprint density at radius 2 is 2.00 bits per heavy atom. The highest BCUT2D eigenvalue weighted by molar-refractivity contribution is 14.1. The van der Waals surface area contributed by atoms with Crippen molar-refractivity contribution in [1.82, 2.24) is 4.57 Å². The first kappa shape index (κ1) is 15.1. The summed E-state index contributed by atoms with van der Waals surface area (Å²) in [7, 11) is 1.96. The average Bonchev–Trinajstić information content (AvgIpc) is 2.87. The smallest absolute Gasteiger partial charge is 0.257 e. The lowest BCUT2D eigenvalue weighted by Crippen LogP contribution is -2.12. The number of amides is 1. The summed E-state index contributed by atoms with van der Waals surface area (Å²) in [6.07, 6.45) is 1.89. The summed E-state index contributed by atoms with van der Waals surface area (Å²) in [5.41, 5.74) is 5.01. The molecular formula is C18H17IN2O. The maximum absolute atomic E-state index is 12.7. The van der Waals surface area contributed by atoms with E-state index < -0.39 is 0 Å². The van der Waals surface area contributed by atoms with Gasteiger partial charge in [-0.1, -0.05) is 58.5 Å². The van der Waals surface area contributed by atoms with Gasteiger partial charge < -0.3 is 9.88 Å². The minimum absolute atomic E-state index is 0.0632. The van der Waals surface area contributed by atoms with Crippen molar-refractivity contribution in [3.05, 3.63) is 65.4 Å². The quantitative estimate of drug-likeness (QED) is 0.500. The van der Waals surface area contributed by atoms with E-state index >= 15 is 0 Å². The molecule has 0 radical (unpaired) electrons. The van der Waals surface area contributed by atoms with Crippen molar-refractivity contribution in [2.75, 3.05) is 5.32 Å². The van der Waals surface area contributed by atoms with Crippen molar-refractivity contribution in [3.8, 4) is 0 Å². The number of benzene rings is 2. The largest absolute Gasteiger partial charge is 0.350 e. The SMILES string of the molecule is Cc1ccc(NC(=O)c2cn(C)c3ccccc23)c(CI)c1. The van der Waals surface area contributed by atoms with E-state index in [2.05, 4.69) is 40.9 Å². The van der Waals surface area contributed by atoms with Crippen LogP contribution in [0.15, 0.2) is 48.7 Å². The molecule has 0 atom stereocenters. The van der Waals surface area contributed by atoms with Gasteiger partial charge in [0, 0.05) is 34.3 Å². The number of hydrogen-bond acceptors (Lipinski definition) is 1. The zero-order chi connectivity index (χ0) is 15.7. The Balaban J connectivity index is 1.97. The highest BCUT2D eigenvalue weighted by Gasteiger charge is 2.14. The Morgan fingerprint density at radius 3 is 2.77 bits per heavy atom. The third-order valence-corrected chi connectivity index (χ3v) is 4.62. The van der Waals surface area contributed by atoms with Crippen LogP contribution in [0.3, 0.4) is 0 Å². The first-order valence-corrected chi connectivity index (χ1v) is 8.63. The highest BCUT2D eigenvalue weighted by Crippen LogP contribution is 2.24. The number of nitrogens with zero attached hydrogens (tertiary/aromatic N) is 1. The number of fused-ring (bicyclic) bond motifs is 1. The lowest BCUT2D eigenvalue weighted by molar-refractivity contribution is 0.102. The average molecular weight is 404 g/mol. The van der Waals surface area contributed by atoms with E-state index in [9.17, 15) is 4.79 Å². The van der Waals surface area contributed by atoms with Crippen molar-refractivity contribution in [1.29, 1.82) is 0 Å². The third-order valence-electron chi connectivity index (χ3n) is 3.79. The van der Waals surface area contributed by atoms with Crippen LogP contribution in [0.25, 0.3) is 10.9 Å². The fourth-order valence-electron chi connectivity index (χ4n) is 2.67. The molecule has 0 aliphatic rings. The zero-order valence-electron chi connectivity index (χ0n) is 12.6. The maximum atomic E-state index is 12.7. The second-order valence-electron chi connectivity index (χ2n) is 5.42. The van der Waals surface area contributed by atoms with Crippen molar-refractivity contribution >= 4 is 45.1 Å². The molecule has 1 aromatic heterocycles. The molecule has 3 aromatic rings.